The van der Waals surface area contributed by atoms with Crippen LogP contribution in [0.4, 0.5) is 0 Å². The van der Waals surface area contributed by atoms with Crippen LogP contribution in [0, 0.1) is 0 Å². The Balaban J connectivity index is 1.99. The van der Waals surface area contributed by atoms with E-state index in [0.717, 1.165) is 11.1 Å². The molecule has 3 nitrogen and oxygen atoms in total. The van der Waals surface area contributed by atoms with E-state index in [1.165, 1.54) is 0 Å². The van der Waals surface area contributed by atoms with E-state index in [0.29, 0.717) is 6.61 Å². The van der Waals surface area contributed by atoms with Gasteiger partial charge in [0.15, 0.2) is 0 Å². The monoisotopic (exact) mass is 256 g/mol. The third-order valence-corrected chi connectivity index (χ3v) is 2.94. The molecule has 19 heavy (non-hydrogen) atoms. The average Bonchev–Trinajstić information content (AvgIpc) is 2.46. The van der Waals surface area contributed by atoms with E-state index >= 15 is 0 Å². The van der Waals surface area contributed by atoms with Gasteiger partial charge in [-0.1, -0.05) is 42.5 Å². The molecule has 0 saturated carbocycles. The first-order chi connectivity index (χ1) is 9.16. The number of carboxylic acids is 1. The van der Waals surface area contributed by atoms with Crippen molar-refractivity contribution in [1.82, 2.24) is 0 Å². The summed E-state index contributed by atoms with van der Waals surface area (Å²) in [6.07, 6.45) is -0.0188. The number of hydrogen-bond acceptors (Lipinski definition) is 2. The maximum atomic E-state index is 10.9. The second kappa shape index (κ2) is 6.16. The fourth-order valence-electron chi connectivity index (χ4n) is 1.84. The summed E-state index contributed by atoms with van der Waals surface area (Å²) in [6.45, 7) is 2.38. The molecule has 98 valence electrons. The standard InChI is InChI=1S/C16H16O3/c1-12(14-7-3-2-4-8-14)19-11-13-6-5-9-15(10-13)16(17)18/h2-10,12H,11H2,1H3,(H,17,18). The number of aromatic carboxylic acids is 1. The zero-order chi connectivity index (χ0) is 13.7. The van der Waals surface area contributed by atoms with E-state index in [-0.39, 0.29) is 11.7 Å². The highest BCUT2D eigenvalue weighted by molar-refractivity contribution is 5.87. The minimum absolute atomic E-state index is 0.0188. The van der Waals surface area contributed by atoms with E-state index in [1.54, 1.807) is 18.2 Å². The second-order valence-corrected chi connectivity index (χ2v) is 4.37. The molecule has 0 saturated heterocycles. The van der Waals surface area contributed by atoms with Gasteiger partial charge in [-0.2, -0.15) is 0 Å². The van der Waals surface area contributed by atoms with Crippen LogP contribution < -0.4 is 0 Å². The molecule has 1 atom stereocenters. The van der Waals surface area contributed by atoms with Gasteiger partial charge in [0.2, 0.25) is 0 Å². The van der Waals surface area contributed by atoms with Crippen molar-refractivity contribution in [3.63, 3.8) is 0 Å². The second-order valence-electron chi connectivity index (χ2n) is 4.37. The van der Waals surface area contributed by atoms with Crippen molar-refractivity contribution >= 4 is 5.97 Å². The quantitative estimate of drug-likeness (QED) is 0.888. The van der Waals surface area contributed by atoms with Crippen LogP contribution in [0.3, 0.4) is 0 Å². The number of rotatable bonds is 5. The van der Waals surface area contributed by atoms with E-state index in [2.05, 4.69) is 0 Å². The van der Waals surface area contributed by atoms with Gasteiger partial charge in [-0.15, -0.1) is 0 Å². The summed E-state index contributed by atoms with van der Waals surface area (Å²) in [7, 11) is 0. The molecule has 1 N–H and O–H groups in total. The van der Waals surface area contributed by atoms with Crippen molar-refractivity contribution in [3.05, 3.63) is 71.3 Å². The summed E-state index contributed by atoms with van der Waals surface area (Å²) in [6, 6.07) is 16.7. The van der Waals surface area contributed by atoms with Gasteiger partial charge >= 0.3 is 5.97 Å². The van der Waals surface area contributed by atoms with E-state index in [1.807, 2.05) is 43.3 Å². The Morgan fingerprint density at radius 2 is 1.89 bits per heavy atom. The van der Waals surface area contributed by atoms with Crippen molar-refractivity contribution in [1.29, 1.82) is 0 Å². The minimum Gasteiger partial charge on any atom is -0.478 e. The third-order valence-electron chi connectivity index (χ3n) is 2.94. The molecule has 1 unspecified atom stereocenters. The van der Waals surface area contributed by atoms with E-state index in [9.17, 15) is 4.79 Å². The lowest BCUT2D eigenvalue weighted by Crippen LogP contribution is -2.02. The van der Waals surface area contributed by atoms with Crippen LogP contribution >= 0.6 is 0 Å². The average molecular weight is 256 g/mol. The molecule has 0 aromatic heterocycles. The van der Waals surface area contributed by atoms with Gasteiger partial charge in [-0.25, -0.2) is 4.79 Å². The highest BCUT2D eigenvalue weighted by atomic mass is 16.5. The highest BCUT2D eigenvalue weighted by Gasteiger charge is 2.07. The van der Waals surface area contributed by atoms with Gasteiger partial charge < -0.3 is 9.84 Å². The molecule has 0 amide bonds. The molecule has 0 radical (unpaired) electrons. The SMILES string of the molecule is CC(OCc1cccc(C(=O)O)c1)c1ccccc1. The van der Waals surface area contributed by atoms with Crippen molar-refractivity contribution in [2.75, 3.05) is 0 Å². The molecule has 0 aliphatic carbocycles. The lowest BCUT2D eigenvalue weighted by molar-refractivity contribution is 0.0524. The largest absolute Gasteiger partial charge is 0.478 e. The lowest BCUT2D eigenvalue weighted by atomic mass is 10.1. The first-order valence-electron chi connectivity index (χ1n) is 6.15. The molecule has 2 aromatic rings. The zero-order valence-electron chi connectivity index (χ0n) is 10.7. The Kier molecular flexibility index (Phi) is 4.31. The van der Waals surface area contributed by atoms with Gasteiger partial charge in [-0.3, -0.25) is 0 Å². The molecular weight excluding hydrogens is 240 g/mol. The van der Waals surface area contributed by atoms with Crippen molar-refractivity contribution in [2.24, 2.45) is 0 Å². The van der Waals surface area contributed by atoms with Crippen LogP contribution in [-0.4, -0.2) is 11.1 Å². The summed E-state index contributed by atoms with van der Waals surface area (Å²) < 4.78 is 5.76. The summed E-state index contributed by atoms with van der Waals surface area (Å²) in [5, 5.41) is 8.92. The van der Waals surface area contributed by atoms with Crippen LogP contribution in [0.1, 0.15) is 34.5 Å². The Hall–Kier alpha value is -2.13. The van der Waals surface area contributed by atoms with Crippen LogP contribution in [0.15, 0.2) is 54.6 Å². The molecule has 0 aliphatic rings. The van der Waals surface area contributed by atoms with Crippen molar-refractivity contribution in [2.45, 2.75) is 19.6 Å². The van der Waals surface area contributed by atoms with Crippen LogP contribution in [0.25, 0.3) is 0 Å². The molecule has 0 fully saturated rings. The minimum atomic E-state index is -0.919. The number of ether oxygens (including phenoxy) is 1. The fraction of sp³-hybridized carbons (Fsp3) is 0.188. The van der Waals surface area contributed by atoms with Gasteiger partial charge in [0.05, 0.1) is 18.3 Å². The Morgan fingerprint density at radius 1 is 1.16 bits per heavy atom. The van der Waals surface area contributed by atoms with Crippen molar-refractivity contribution < 1.29 is 14.6 Å². The smallest absolute Gasteiger partial charge is 0.335 e. The van der Waals surface area contributed by atoms with Crippen LogP contribution in [0.5, 0.6) is 0 Å². The predicted molar refractivity (Wildman–Crippen MR) is 73.0 cm³/mol. The summed E-state index contributed by atoms with van der Waals surface area (Å²) in [5.74, 6) is -0.919. The maximum Gasteiger partial charge on any atom is 0.335 e. The molecule has 2 rings (SSSR count). The topological polar surface area (TPSA) is 46.5 Å². The first kappa shape index (κ1) is 13.3. The van der Waals surface area contributed by atoms with Gasteiger partial charge in [-0.05, 0) is 30.2 Å². The van der Waals surface area contributed by atoms with Gasteiger partial charge in [0, 0.05) is 0 Å². The molecule has 0 aliphatic heterocycles. The molecule has 0 heterocycles. The van der Waals surface area contributed by atoms with E-state index < -0.39 is 5.97 Å². The highest BCUT2D eigenvalue weighted by Crippen LogP contribution is 2.18. The predicted octanol–water partition coefficient (Wildman–Crippen LogP) is 3.66. The summed E-state index contributed by atoms with van der Waals surface area (Å²) in [4.78, 5) is 10.9. The Labute approximate surface area is 112 Å². The van der Waals surface area contributed by atoms with Crippen molar-refractivity contribution in [3.8, 4) is 0 Å². The first-order valence-corrected chi connectivity index (χ1v) is 6.15. The Bertz CT molecular complexity index is 549. The number of carbonyl (C=O) groups is 1. The summed E-state index contributed by atoms with van der Waals surface area (Å²) in [5.41, 5.74) is 2.26. The van der Waals surface area contributed by atoms with Crippen LogP contribution in [-0.2, 0) is 11.3 Å². The normalized spacial score (nSPS) is 12.1. The summed E-state index contributed by atoms with van der Waals surface area (Å²) >= 11 is 0. The van der Waals surface area contributed by atoms with Crippen LogP contribution in [0.2, 0.25) is 0 Å². The molecular formula is C16H16O3. The van der Waals surface area contributed by atoms with E-state index in [4.69, 9.17) is 9.84 Å². The molecule has 3 heteroatoms. The number of hydrogen-bond donors (Lipinski definition) is 1. The lowest BCUT2D eigenvalue weighted by Gasteiger charge is -2.13. The fourth-order valence-corrected chi connectivity index (χ4v) is 1.84. The zero-order valence-corrected chi connectivity index (χ0v) is 10.7. The number of benzene rings is 2. The molecule has 0 bridgehead atoms. The maximum absolute atomic E-state index is 10.9. The Morgan fingerprint density at radius 3 is 2.58 bits per heavy atom. The molecule has 2 aromatic carbocycles. The van der Waals surface area contributed by atoms with Gasteiger partial charge in [0.25, 0.3) is 0 Å². The molecule has 0 spiro atoms. The number of carboxylic acid groups (broad SMARTS) is 1. The van der Waals surface area contributed by atoms with Gasteiger partial charge in [0.1, 0.15) is 0 Å². The third kappa shape index (κ3) is 3.66.